The predicted octanol–water partition coefficient (Wildman–Crippen LogP) is 3.67. The molecule has 0 amide bonds. The number of pyridine rings is 1. The highest BCUT2D eigenvalue weighted by molar-refractivity contribution is 5.79. The Hall–Kier alpha value is -3.56. The van der Waals surface area contributed by atoms with Gasteiger partial charge in [0.05, 0.1) is 41.4 Å². The van der Waals surface area contributed by atoms with Gasteiger partial charge in [-0.25, -0.2) is 9.37 Å². The molecular weight excluding hydrogens is 355 g/mol. The molecule has 28 heavy (non-hydrogen) atoms. The van der Waals surface area contributed by atoms with Gasteiger partial charge in [-0.1, -0.05) is 24.3 Å². The van der Waals surface area contributed by atoms with Gasteiger partial charge < -0.3 is 9.67 Å². The van der Waals surface area contributed by atoms with Gasteiger partial charge in [0.2, 0.25) is 0 Å². The van der Waals surface area contributed by atoms with Crippen LogP contribution >= 0.6 is 0 Å². The molecule has 5 rings (SSSR count). The van der Waals surface area contributed by atoms with Crippen LogP contribution in [-0.4, -0.2) is 19.6 Å². The van der Waals surface area contributed by atoms with E-state index in [-0.39, 0.29) is 12.0 Å². The number of aliphatic hydroxyl groups is 1. The van der Waals surface area contributed by atoms with Crippen LogP contribution in [0.5, 0.6) is 0 Å². The Bertz CT molecular complexity index is 1260. The molecule has 1 aliphatic rings. The number of halogens is 1. The first-order valence-corrected chi connectivity index (χ1v) is 8.89. The van der Waals surface area contributed by atoms with Gasteiger partial charge in [-0.15, -0.1) is 0 Å². The summed E-state index contributed by atoms with van der Waals surface area (Å²) in [6.07, 6.45) is 5.13. The van der Waals surface area contributed by atoms with Crippen molar-refractivity contribution in [2.45, 2.75) is 18.1 Å². The first-order chi connectivity index (χ1) is 13.6. The van der Waals surface area contributed by atoms with Gasteiger partial charge >= 0.3 is 0 Å². The highest BCUT2D eigenvalue weighted by atomic mass is 19.1. The smallest absolute Gasteiger partial charge is 0.135 e. The standard InChI is InChI=1S/C22H15FN4O/c23-18-7-14(10-24)5-6-17(18)20-9-22(28,21-12-25-13-27(20)21)16-8-15-3-1-2-4-19(15)26-11-16/h1-8,11-13,20,28H,9H2/t20-,22?/m1/s1. The predicted molar refractivity (Wildman–Crippen MR) is 101 cm³/mol. The van der Waals surface area contributed by atoms with Crippen molar-refractivity contribution in [2.75, 3.05) is 0 Å². The second-order valence-corrected chi connectivity index (χ2v) is 7.03. The first kappa shape index (κ1) is 16.6. The second-order valence-electron chi connectivity index (χ2n) is 7.03. The molecule has 0 aliphatic carbocycles. The second kappa shape index (κ2) is 5.98. The summed E-state index contributed by atoms with van der Waals surface area (Å²) in [4.78, 5) is 8.64. The van der Waals surface area contributed by atoms with Gasteiger partial charge in [-0.3, -0.25) is 4.98 Å². The lowest BCUT2D eigenvalue weighted by Crippen LogP contribution is -2.24. The summed E-state index contributed by atoms with van der Waals surface area (Å²) in [5.74, 6) is -0.468. The van der Waals surface area contributed by atoms with E-state index in [0.717, 1.165) is 10.9 Å². The van der Waals surface area contributed by atoms with Crippen LogP contribution in [0.25, 0.3) is 10.9 Å². The van der Waals surface area contributed by atoms with Crippen molar-refractivity contribution in [3.8, 4) is 6.07 Å². The number of fused-ring (bicyclic) bond motifs is 2. The van der Waals surface area contributed by atoms with E-state index in [2.05, 4.69) is 9.97 Å². The number of para-hydroxylation sites is 1. The van der Waals surface area contributed by atoms with E-state index in [4.69, 9.17) is 5.26 Å². The molecule has 0 spiro atoms. The average molecular weight is 370 g/mol. The Labute approximate surface area is 160 Å². The molecule has 1 unspecified atom stereocenters. The minimum atomic E-state index is -1.33. The fourth-order valence-corrected chi connectivity index (χ4v) is 4.05. The van der Waals surface area contributed by atoms with Crippen LogP contribution in [0.3, 0.4) is 0 Å². The zero-order valence-electron chi connectivity index (χ0n) is 14.7. The largest absolute Gasteiger partial charge is 0.379 e. The molecule has 4 aromatic rings. The topological polar surface area (TPSA) is 74.7 Å². The highest BCUT2D eigenvalue weighted by Gasteiger charge is 2.45. The van der Waals surface area contributed by atoms with Gasteiger partial charge in [0.15, 0.2) is 0 Å². The van der Waals surface area contributed by atoms with Crippen molar-refractivity contribution in [3.05, 3.63) is 95.5 Å². The average Bonchev–Trinajstić information content (AvgIpc) is 3.31. The van der Waals surface area contributed by atoms with Crippen LogP contribution in [0.2, 0.25) is 0 Å². The third-order valence-corrected chi connectivity index (χ3v) is 5.47. The van der Waals surface area contributed by atoms with Crippen molar-refractivity contribution < 1.29 is 9.50 Å². The van der Waals surface area contributed by atoms with Crippen molar-refractivity contribution in [1.29, 1.82) is 5.26 Å². The summed E-state index contributed by atoms with van der Waals surface area (Å²) in [6, 6.07) is 15.5. The van der Waals surface area contributed by atoms with E-state index in [1.165, 1.54) is 6.07 Å². The summed E-state index contributed by atoms with van der Waals surface area (Å²) < 4.78 is 16.5. The molecule has 136 valence electrons. The van der Waals surface area contributed by atoms with E-state index in [1.54, 1.807) is 35.4 Å². The minimum Gasteiger partial charge on any atom is -0.379 e. The SMILES string of the molecule is N#Cc1ccc([C@H]2CC(O)(c3cnc4ccccc4c3)c3cncn32)c(F)c1. The van der Waals surface area contributed by atoms with Crippen LogP contribution in [0.4, 0.5) is 4.39 Å². The Kier molecular flexibility index (Phi) is 3.54. The van der Waals surface area contributed by atoms with Crippen molar-refractivity contribution in [3.63, 3.8) is 0 Å². The van der Waals surface area contributed by atoms with Crippen molar-refractivity contribution in [1.82, 2.24) is 14.5 Å². The molecule has 2 aromatic heterocycles. The summed E-state index contributed by atoms with van der Waals surface area (Å²) in [5, 5.41) is 21.5. The summed E-state index contributed by atoms with van der Waals surface area (Å²) >= 11 is 0. The Morgan fingerprint density at radius 1 is 1.18 bits per heavy atom. The maximum absolute atomic E-state index is 14.7. The van der Waals surface area contributed by atoms with E-state index < -0.39 is 17.5 Å². The monoisotopic (exact) mass is 370 g/mol. The first-order valence-electron chi connectivity index (χ1n) is 8.89. The van der Waals surface area contributed by atoms with Crippen LogP contribution in [0.15, 0.2) is 67.3 Å². The van der Waals surface area contributed by atoms with Crippen LogP contribution < -0.4 is 0 Å². The number of hydrogen-bond donors (Lipinski definition) is 1. The number of hydrogen-bond acceptors (Lipinski definition) is 4. The zero-order valence-corrected chi connectivity index (χ0v) is 14.7. The zero-order chi connectivity index (χ0) is 19.3. The molecule has 6 heteroatoms. The molecule has 2 aromatic carbocycles. The van der Waals surface area contributed by atoms with E-state index >= 15 is 0 Å². The number of nitriles is 1. The summed E-state index contributed by atoms with van der Waals surface area (Å²) in [7, 11) is 0. The molecule has 2 atom stereocenters. The van der Waals surface area contributed by atoms with Crippen molar-refractivity contribution >= 4 is 10.9 Å². The van der Waals surface area contributed by atoms with Gasteiger partial charge in [-0.05, 0) is 24.3 Å². The highest BCUT2D eigenvalue weighted by Crippen LogP contribution is 2.47. The van der Waals surface area contributed by atoms with E-state index in [1.807, 2.05) is 36.4 Å². The molecule has 0 fully saturated rings. The number of benzene rings is 2. The van der Waals surface area contributed by atoms with Crippen LogP contribution in [-0.2, 0) is 5.60 Å². The lowest BCUT2D eigenvalue weighted by atomic mass is 9.87. The quantitative estimate of drug-likeness (QED) is 0.584. The van der Waals surface area contributed by atoms with Gasteiger partial charge in [0.25, 0.3) is 0 Å². The molecule has 0 saturated carbocycles. The fraction of sp³-hybridized carbons (Fsp3) is 0.136. The van der Waals surface area contributed by atoms with Crippen molar-refractivity contribution in [2.24, 2.45) is 0 Å². The Morgan fingerprint density at radius 3 is 2.86 bits per heavy atom. The molecule has 0 bridgehead atoms. The molecule has 1 N–H and O–H groups in total. The molecule has 1 aliphatic heterocycles. The van der Waals surface area contributed by atoms with Crippen LogP contribution in [0.1, 0.15) is 34.8 Å². The number of nitrogens with zero attached hydrogens (tertiary/aromatic N) is 4. The lowest BCUT2D eigenvalue weighted by Gasteiger charge is -2.23. The maximum Gasteiger partial charge on any atom is 0.135 e. The maximum atomic E-state index is 14.7. The molecule has 0 radical (unpaired) electrons. The minimum absolute atomic E-state index is 0.258. The Balaban J connectivity index is 1.63. The molecule has 0 saturated heterocycles. The number of aromatic nitrogens is 3. The lowest BCUT2D eigenvalue weighted by molar-refractivity contribution is 0.0790. The van der Waals surface area contributed by atoms with E-state index in [0.29, 0.717) is 16.8 Å². The molecule has 3 heterocycles. The summed E-state index contributed by atoms with van der Waals surface area (Å²) in [5.41, 5.74) is 1.43. The van der Waals surface area contributed by atoms with Crippen LogP contribution in [0, 0.1) is 17.1 Å². The van der Waals surface area contributed by atoms with Gasteiger partial charge in [-0.2, -0.15) is 5.26 Å². The molecule has 5 nitrogen and oxygen atoms in total. The van der Waals surface area contributed by atoms with Gasteiger partial charge in [0, 0.05) is 29.1 Å². The van der Waals surface area contributed by atoms with Gasteiger partial charge in [0.1, 0.15) is 11.4 Å². The summed E-state index contributed by atoms with van der Waals surface area (Å²) in [6.45, 7) is 0. The molecular formula is C22H15FN4O. The third-order valence-electron chi connectivity index (χ3n) is 5.47. The number of rotatable bonds is 2. The third kappa shape index (κ3) is 2.34. The Morgan fingerprint density at radius 2 is 2.04 bits per heavy atom. The van der Waals surface area contributed by atoms with E-state index in [9.17, 15) is 9.50 Å². The normalized spacial score (nSPS) is 20.8. The fourth-order valence-electron chi connectivity index (χ4n) is 4.05. The number of imidazole rings is 1.